The fourth-order valence-electron chi connectivity index (χ4n) is 4.53. The maximum Gasteiger partial charge on any atom is 0.303 e. The van der Waals surface area contributed by atoms with Crippen molar-refractivity contribution in [3.05, 3.63) is 51.9 Å². The molecule has 2 aromatic rings. The van der Waals surface area contributed by atoms with Crippen molar-refractivity contribution in [3.63, 3.8) is 0 Å². The number of carbonyl (C=O) groups excluding carboxylic acids is 4. The van der Waals surface area contributed by atoms with E-state index in [1.807, 2.05) is 6.07 Å². The first-order valence-electron chi connectivity index (χ1n) is 12.5. The Kier molecular flexibility index (Phi) is 10.2. The zero-order chi connectivity index (χ0) is 30.3. The number of esters is 4. The molecule has 0 radical (unpaired) electrons. The lowest BCUT2D eigenvalue weighted by Crippen LogP contribution is -2.62. The molecule has 1 aliphatic heterocycles. The summed E-state index contributed by atoms with van der Waals surface area (Å²) >= 11 is 0. The number of rotatable bonds is 9. The van der Waals surface area contributed by atoms with Crippen molar-refractivity contribution in [2.45, 2.75) is 64.6 Å². The average molecular weight is 571 g/mol. The van der Waals surface area contributed by atoms with Crippen molar-refractivity contribution in [1.82, 2.24) is 4.98 Å². The Labute approximate surface area is 235 Å². The van der Waals surface area contributed by atoms with Crippen LogP contribution in [0.3, 0.4) is 0 Å². The molecule has 3 rings (SSSR count). The summed E-state index contributed by atoms with van der Waals surface area (Å²) in [7, 11) is 1.51. The normalized spacial score (nSPS) is 21.6. The molecular weight excluding hydrogens is 540 g/mol. The molecular formula is C28H30N2O11. The lowest BCUT2D eigenvalue weighted by atomic mass is 9.91. The average Bonchev–Trinajstić information content (AvgIpc) is 2.90. The minimum absolute atomic E-state index is 0.108. The van der Waals surface area contributed by atoms with Gasteiger partial charge >= 0.3 is 23.9 Å². The topological polar surface area (TPSA) is 180 Å². The summed E-state index contributed by atoms with van der Waals surface area (Å²) in [6, 6.07) is 10.2. The Hall–Kier alpha value is -4.70. The van der Waals surface area contributed by atoms with E-state index in [0.717, 1.165) is 20.8 Å². The monoisotopic (exact) mass is 570 g/mol. The van der Waals surface area contributed by atoms with Gasteiger partial charge in [0.05, 0.1) is 7.11 Å². The van der Waals surface area contributed by atoms with E-state index in [1.165, 1.54) is 14.0 Å². The first-order chi connectivity index (χ1) is 19.4. The second-order valence-corrected chi connectivity index (χ2v) is 9.19. The van der Waals surface area contributed by atoms with Gasteiger partial charge in [-0.05, 0) is 23.8 Å². The lowest BCUT2D eigenvalue weighted by molar-refractivity contribution is -0.252. The number of methoxy groups -OCH3 is 1. The second-order valence-electron chi connectivity index (χ2n) is 9.19. The summed E-state index contributed by atoms with van der Waals surface area (Å²) in [5.41, 5.74) is 0.401. The number of pyridine rings is 1. The maximum atomic E-state index is 12.9. The highest BCUT2D eigenvalue weighted by Gasteiger charge is 2.52. The van der Waals surface area contributed by atoms with Crippen molar-refractivity contribution in [2.75, 3.05) is 13.7 Å². The molecule has 218 valence electrons. The molecule has 0 bridgehead atoms. The second kappa shape index (κ2) is 13.6. The SMILES string of the molecule is COc1ccc(-c2cc(C[C@@H]3O[C@H](COC(C)=O)[C@@H](OC(C)=O)[C@H](OC(C)=O)[C@H]3OC(C)=O)[nH]c(=O)c2C#N)cc1. The number of ether oxygens (including phenoxy) is 6. The number of H-pyrrole nitrogens is 1. The van der Waals surface area contributed by atoms with Crippen LogP contribution in [0.1, 0.15) is 39.0 Å². The predicted octanol–water partition coefficient (Wildman–Crippen LogP) is 1.59. The zero-order valence-electron chi connectivity index (χ0n) is 23.1. The van der Waals surface area contributed by atoms with Gasteiger partial charge < -0.3 is 33.4 Å². The van der Waals surface area contributed by atoms with Crippen molar-refractivity contribution < 1.29 is 47.6 Å². The van der Waals surface area contributed by atoms with E-state index in [1.54, 1.807) is 30.3 Å². The van der Waals surface area contributed by atoms with Gasteiger partial charge in [0.1, 0.15) is 36.2 Å². The molecule has 5 atom stereocenters. The molecule has 1 N–H and O–H groups in total. The van der Waals surface area contributed by atoms with Gasteiger partial charge in [0.25, 0.3) is 5.56 Å². The number of nitriles is 1. The highest BCUT2D eigenvalue weighted by molar-refractivity contribution is 5.71. The van der Waals surface area contributed by atoms with Gasteiger partial charge in [-0.1, -0.05) is 12.1 Å². The van der Waals surface area contributed by atoms with Gasteiger partial charge in [-0.2, -0.15) is 5.26 Å². The largest absolute Gasteiger partial charge is 0.497 e. The quantitative estimate of drug-likeness (QED) is 0.340. The Morgan fingerprint density at radius 3 is 1.95 bits per heavy atom. The van der Waals surface area contributed by atoms with Gasteiger partial charge in [-0.25, -0.2) is 0 Å². The van der Waals surface area contributed by atoms with E-state index in [9.17, 15) is 29.2 Å². The number of nitrogens with zero attached hydrogens (tertiary/aromatic N) is 1. The summed E-state index contributed by atoms with van der Waals surface area (Å²) < 4.78 is 32.7. The van der Waals surface area contributed by atoms with Gasteiger partial charge in [0, 0.05) is 45.4 Å². The van der Waals surface area contributed by atoms with Crippen LogP contribution in [0.25, 0.3) is 11.1 Å². The Morgan fingerprint density at radius 2 is 1.44 bits per heavy atom. The highest BCUT2D eigenvalue weighted by atomic mass is 16.7. The van der Waals surface area contributed by atoms with Gasteiger partial charge in [-0.15, -0.1) is 0 Å². The molecule has 1 fully saturated rings. The lowest BCUT2D eigenvalue weighted by Gasteiger charge is -2.44. The van der Waals surface area contributed by atoms with E-state index in [0.29, 0.717) is 22.6 Å². The molecule has 0 saturated carbocycles. The molecule has 1 aromatic carbocycles. The van der Waals surface area contributed by atoms with Crippen LogP contribution in [0, 0.1) is 11.3 Å². The summed E-state index contributed by atoms with van der Waals surface area (Å²) in [6.07, 6.45) is -6.25. The number of hydrogen-bond acceptors (Lipinski definition) is 12. The van der Waals surface area contributed by atoms with Crippen LogP contribution >= 0.6 is 0 Å². The first-order valence-corrected chi connectivity index (χ1v) is 12.5. The third-order valence-electron chi connectivity index (χ3n) is 6.11. The number of benzene rings is 1. The van der Waals surface area contributed by atoms with Crippen LogP contribution in [0.4, 0.5) is 0 Å². The van der Waals surface area contributed by atoms with Crippen molar-refractivity contribution in [1.29, 1.82) is 5.26 Å². The van der Waals surface area contributed by atoms with Crippen LogP contribution in [-0.4, -0.2) is 73.1 Å². The number of aromatic amines is 1. The Morgan fingerprint density at radius 1 is 0.878 bits per heavy atom. The summed E-state index contributed by atoms with van der Waals surface area (Å²) in [5, 5.41) is 9.67. The molecule has 1 saturated heterocycles. The number of aromatic nitrogens is 1. The Balaban J connectivity index is 2.09. The fourth-order valence-corrected chi connectivity index (χ4v) is 4.53. The zero-order valence-corrected chi connectivity index (χ0v) is 23.1. The van der Waals surface area contributed by atoms with Gasteiger partial charge in [0.2, 0.25) is 0 Å². The molecule has 41 heavy (non-hydrogen) atoms. The smallest absolute Gasteiger partial charge is 0.303 e. The number of carbonyl (C=O) groups is 4. The summed E-state index contributed by atoms with van der Waals surface area (Å²) in [6.45, 7) is 4.19. The Bertz CT molecular complexity index is 1390. The predicted molar refractivity (Wildman–Crippen MR) is 139 cm³/mol. The van der Waals surface area contributed by atoms with Crippen LogP contribution in [0.15, 0.2) is 35.1 Å². The van der Waals surface area contributed by atoms with Crippen molar-refractivity contribution in [3.8, 4) is 22.9 Å². The molecule has 0 aliphatic carbocycles. The molecule has 2 heterocycles. The molecule has 0 spiro atoms. The van der Waals surface area contributed by atoms with Crippen molar-refractivity contribution >= 4 is 23.9 Å². The fraction of sp³-hybridized carbons (Fsp3) is 0.429. The van der Waals surface area contributed by atoms with E-state index < -0.39 is 60.0 Å². The molecule has 0 unspecified atom stereocenters. The summed E-state index contributed by atoms with van der Waals surface area (Å²) in [5.74, 6) is -2.31. The molecule has 1 aliphatic rings. The van der Waals surface area contributed by atoms with E-state index in [2.05, 4.69) is 4.98 Å². The third-order valence-corrected chi connectivity index (χ3v) is 6.11. The van der Waals surface area contributed by atoms with E-state index in [-0.39, 0.29) is 18.6 Å². The van der Waals surface area contributed by atoms with Crippen LogP contribution in [-0.2, 0) is 49.3 Å². The molecule has 13 nitrogen and oxygen atoms in total. The van der Waals surface area contributed by atoms with Gasteiger partial charge in [-0.3, -0.25) is 24.0 Å². The van der Waals surface area contributed by atoms with Crippen LogP contribution < -0.4 is 10.3 Å². The van der Waals surface area contributed by atoms with Crippen molar-refractivity contribution in [2.24, 2.45) is 0 Å². The van der Waals surface area contributed by atoms with Gasteiger partial charge in [0.15, 0.2) is 18.3 Å². The number of hydrogen-bond donors (Lipinski definition) is 1. The molecule has 1 aromatic heterocycles. The standard InChI is InChI=1S/C28H30N2O11/c1-14(31)37-13-24-26(39-16(3)33)27(40-17(4)34)25(38-15(2)32)23(41-24)11-19-10-21(22(12-29)28(35)30-19)18-6-8-20(36-5)9-7-18/h6-10,23-27H,11,13H2,1-5H3,(H,30,35)/t23-,24+,25-,26+,27+/m0/s1. The molecule has 0 amide bonds. The van der Waals surface area contributed by atoms with Crippen LogP contribution in [0.2, 0.25) is 0 Å². The third kappa shape index (κ3) is 7.92. The van der Waals surface area contributed by atoms with Crippen LogP contribution in [0.5, 0.6) is 5.75 Å². The summed E-state index contributed by atoms with van der Waals surface area (Å²) in [4.78, 5) is 63.2. The number of nitrogens with one attached hydrogen (secondary N) is 1. The van der Waals surface area contributed by atoms with E-state index >= 15 is 0 Å². The minimum atomic E-state index is -1.34. The molecule has 13 heteroatoms. The highest BCUT2D eigenvalue weighted by Crippen LogP contribution is 2.32. The maximum absolute atomic E-state index is 12.9. The minimum Gasteiger partial charge on any atom is -0.497 e. The van der Waals surface area contributed by atoms with E-state index in [4.69, 9.17) is 28.4 Å². The first kappa shape index (κ1) is 30.8.